The highest BCUT2D eigenvalue weighted by Gasteiger charge is 2.30. The number of hydrogen-bond acceptors (Lipinski definition) is 4. The zero-order chi connectivity index (χ0) is 20.5. The number of non-ortho nitro benzene ring substituents is 1. The molecule has 0 radical (unpaired) electrons. The van der Waals surface area contributed by atoms with Crippen LogP contribution in [-0.4, -0.2) is 26.0 Å². The Bertz CT molecular complexity index is 1070. The second-order valence-corrected chi connectivity index (χ2v) is 7.93. The number of nitro groups is 1. The summed E-state index contributed by atoms with van der Waals surface area (Å²) in [5.41, 5.74) is 2.37. The van der Waals surface area contributed by atoms with E-state index in [1.54, 1.807) is 30.3 Å². The van der Waals surface area contributed by atoms with Crippen LogP contribution in [0.3, 0.4) is 0 Å². The molecule has 1 atom stereocenters. The number of aromatic hydroxyl groups is 1. The van der Waals surface area contributed by atoms with Crippen molar-refractivity contribution in [3.8, 4) is 5.75 Å². The summed E-state index contributed by atoms with van der Waals surface area (Å²) in [6, 6.07) is 13.2. The van der Waals surface area contributed by atoms with Gasteiger partial charge in [0.25, 0.3) is 5.69 Å². The van der Waals surface area contributed by atoms with Crippen LogP contribution in [0.4, 0.5) is 5.69 Å². The predicted molar refractivity (Wildman–Crippen MR) is 113 cm³/mol. The van der Waals surface area contributed by atoms with Crippen LogP contribution in [0.15, 0.2) is 54.7 Å². The van der Waals surface area contributed by atoms with Crippen LogP contribution in [0.25, 0.3) is 0 Å². The first-order valence-electron chi connectivity index (χ1n) is 9.24. The topological polar surface area (TPSA) is 71.5 Å². The number of phenolic OH excluding ortho intramolecular Hbond substituents is 1. The molecule has 0 fully saturated rings. The Morgan fingerprint density at radius 1 is 1.14 bits per heavy atom. The van der Waals surface area contributed by atoms with Gasteiger partial charge in [0.1, 0.15) is 5.75 Å². The summed E-state index contributed by atoms with van der Waals surface area (Å²) in [5.74, 6) is 0.165. The van der Waals surface area contributed by atoms with Crippen LogP contribution in [0, 0.1) is 10.1 Å². The molecule has 0 saturated heterocycles. The van der Waals surface area contributed by atoms with E-state index in [9.17, 15) is 15.2 Å². The van der Waals surface area contributed by atoms with Gasteiger partial charge in [0.05, 0.1) is 11.0 Å². The molecule has 1 N–H and O–H groups in total. The lowest BCUT2D eigenvalue weighted by Gasteiger charge is -2.31. The van der Waals surface area contributed by atoms with Crippen molar-refractivity contribution in [1.29, 1.82) is 0 Å². The Hall–Kier alpha value is -2.54. The van der Waals surface area contributed by atoms with Gasteiger partial charge in [-0.2, -0.15) is 0 Å². The van der Waals surface area contributed by atoms with Gasteiger partial charge in [-0.05, 0) is 42.8 Å². The second kappa shape index (κ2) is 8.06. The number of benzene rings is 2. The Morgan fingerprint density at radius 3 is 2.76 bits per heavy atom. The van der Waals surface area contributed by atoms with Gasteiger partial charge in [-0.15, -0.1) is 0 Å². The maximum absolute atomic E-state index is 11.4. The number of aromatic nitrogens is 1. The van der Waals surface area contributed by atoms with E-state index in [0.717, 1.165) is 25.2 Å². The summed E-state index contributed by atoms with van der Waals surface area (Å²) in [6.45, 7) is 2.00. The molecule has 150 valence electrons. The predicted octanol–water partition coefficient (Wildman–Crippen LogP) is 5.40. The smallest absolute Gasteiger partial charge is 0.269 e. The first kappa shape index (κ1) is 19.8. The fourth-order valence-electron chi connectivity index (χ4n) is 3.92. The summed E-state index contributed by atoms with van der Waals surface area (Å²) in [4.78, 5) is 13.1. The minimum absolute atomic E-state index is 0.00249. The van der Waals surface area contributed by atoms with Crippen LogP contribution in [-0.2, 0) is 13.1 Å². The van der Waals surface area contributed by atoms with Crippen molar-refractivity contribution >= 4 is 28.9 Å². The molecule has 6 nitrogen and oxygen atoms in total. The van der Waals surface area contributed by atoms with Gasteiger partial charge in [0.2, 0.25) is 0 Å². The molecule has 2 heterocycles. The lowest BCUT2D eigenvalue weighted by molar-refractivity contribution is -0.384. The van der Waals surface area contributed by atoms with E-state index in [-0.39, 0.29) is 17.5 Å². The average Bonchev–Trinajstić information content (AvgIpc) is 3.07. The van der Waals surface area contributed by atoms with Crippen LogP contribution < -0.4 is 0 Å². The van der Waals surface area contributed by atoms with Crippen molar-refractivity contribution in [2.24, 2.45) is 0 Å². The molecule has 0 amide bonds. The van der Waals surface area contributed by atoms with E-state index in [1.807, 2.05) is 18.3 Å². The number of rotatable bonds is 4. The van der Waals surface area contributed by atoms with Gasteiger partial charge < -0.3 is 9.67 Å². The highest BCUT2D eigenvalue weighted by atomic mass is 35.5. The van der Waals surface area contributed by atoms with E-state index < -0.39 is 4.92 Å². The molecule has 3 aromatic rings. The maximum Gasteiger partial charge on any atom is 0.269 e. The summed E-state index contributed by atoms with van der Waals surface area (Å²) < 4.78 is 2.15. The zero-order valence-corrected chi connectivity index (χ0v) is 17.0. The van der Waals surface area contributed by atoms with Crippen molar-refractivity contribution in [1.82, 2.24) is 9.47 Å². The fraction of sp³-hybridized carbons (Fsp3) is 0.238. The molecule has 0 unspecified atom stereocenters. The van der Waals surface area contributed by atoms with Gasteiger partial charge in [-0.3, -0.25) is 15.0 Å². The minimum atomic E-state index is -0.414. The van der Waals surface area contributed by atoms with Crippen molar-refractivity contribution in [3.63, 3.8) is 0 Å². The summed E-state index contributed by atoms with van der Waals surface area (Å²) in [7, 11) is 0. The number of fused-ring (bicyclic) bond motifs is 1. The normalized spacial score (nSPS) is 17.0. The first-order chi connectivity index (χ1) is 13.9. The molecule has 1 aliphatic heterocycles. The molecule has 29 heavy (non-hydrogen) atoms. The molecule has 8 heteroatoms. The third-order valence-electron chi connectivity index (χ3n) is 5.25. The van der Waals surface area contributed by atoms with E-state index in [4.69, 9.17) is 23.2 Å². The number of hydrogen-bond donors (Lipinski definition) is 1. The molecular weight excluding hydrogens is 413 g/mol. The Labute approximate surface area is 178 Å². The quantitative estimate of drug-likeness (QED) is 0.443. The van der Waals surface area contributed by atoms with Crippen molar-refractivity contribution < 1.29 is 10.0 Å². The molecule has 0 aliphatic carbocycles. The van der Waals surface area contributed by atoms with E-state index in [2.05, 4.69) is 9.47 Å². The number of nitrogens with zero attached hydrogens (tertiary/aromatic N) is 3. The molecule has 1 aliphatic rings. The Balaban J connectivity index is 1.83. The van der Waals surface area contributed by atoms with E-state index in [1.165, 1.54) is 6.07 Å². The lowest BCUT2D eigenvalue weighted by Crippen LogP contribution is -2.29. The molecule has 4 rings (SSSR count). The van der Waals surface area contributed by atoms with E-state index in [0.29, 0.717) is 27.7 Å². The van der Waals surface area contributed by atoms with Crippen molar-refractivity contribution in [2.75, 3.05) is 6.54 Å². The summed E-state index contributed by atoms with van der Waals surface area (Å²) in [6.07, 6.45) is 2.90. The average molecular weight is 432 g/mol. The van der Waals surface area contributed by atoms with Crippen molar-refractivity contribution in [2.45, 2.75) is 25.6 Å². The number of nitro benzene ring substituents is 1. The number of halogens is 2. The standard InChI is InChI=1S/C21H19Cl2N3O3/c22-15-4-7-20(27)14(11-15)13-25-10-2-9-24-8-1-3-19(24)21(25)17-12-16(26(28)29)5-6-18(17)23/h1,3-8,11-12,21,27H,2,9-10,13H2/t21-/m0/s1. The first-order valence-corrected chi connectivity index (χ1v) is 10.00. The number of phenols is 1. The molecule has 0 saturated carbocycles. The molecule has 1 aromatic heterocycles. The van der Waals surface area contributed by atoms with Gasteiger partial charge in [0.15, 0.2) is 0 Å². The monoisotopic (exact) mass is 431 g/mol. The third kappa shape index (κ3) is 3.96. The SMILES string of the molecule is O=[N+]([O-])c1ccc(Cl)c([C@H]2c3cccn3CCCN2Cc2cc(Cl)ccc2O)c1. The molecular formula is C21H19Cl2N3O3. The zero-order valence-electron chi connectivity index (χ0n) is 15.5. The van der Waals surface area contributed by atoms with Crippen LogP contribution in [0.1, 0.15) is 29.3 Å². The fourth-order valence-corrected chi connectivity index (χ4v) is 4.34. The van der Waals surface area contributed by atoms with Crippen LogP contribution >= 0.6 is 23.2 Å². The van der Waals surface area contributed by atoms with Gasteiger partial charge in [0, 0.05) is 64.8 Å². The molecule has 0 spiro atoms. The highest BCUT2D eigenvalue weighted by Crippen LogP contribution is 2.39. The number of aryl methyl sites for hydroxylation is 1. The Kier molecular flexibility index (Phi) is 5.50. The molecule has 2 aromatic carbocycles. The third-order valence-corrected chi connectivity index (χ3v) is 5.83. The van der Waals surface area contributed by atoms with Crippen LogP contribution in [0.5, 0.6) is 5.75 Å². The highest BCUT2D eigenvalue weighted by molar-refractivity contribution is 6.31. The van der Waals surface area contributed by atoms with Gasteiger partial charge >= 0.3 is 0 Å². The maximum atomic E-state index is 11.4. The van der Waals surface area contributed by atoms with Gasteiger partial charge in [-0.25, -0.2) is 0 Å². The Morgan fingerprint density at radius 2 is 1.97 bits per heavy atom. The second-order valence-electron chi connectivity index (χ2n) is 7.09. The molecule has 0 bridgehead atoms. The lowest BCUT2D eigenvalue weighted by atomic mass is 10.00. The summed E-state index contributed by atoms with van der Waals surface area (Å²) in [5, 5.41) is 22.7. The van der Waals surface area contributed by atoms with Crippen LogP contribution in [0.2, 0.25) is 10.0 Å². The largest absolute Gasteiger partial charge is 0.508 e. The van der Waals surface area contributed by atoms with Gasteiger partial charge in [-0.1, -0.05) is 23.2 Å². The van der Waals surface area contributed by atoms with Crippen molar-refractivity contribution in [3.05, 3.63) is 91.7 Å². The summed E-state index contributed by atoms with van der Waals surface area (Å²) >= 11 is 12.7. The van der Waals surface area contributed by atoms with E-state index >= 15 is 0 Å². The minimum Gasteiger partial charge on any atom is -0.508 e.